The SMILES string of the molecule is CNCc1ccc(Sc2nnc(N(C)C)s2)cc1Cl. The minimum atomic E-state index is 0.771. The first kappa shape index (κ1) is 14.6. The zero-order chi connectivity index (χ0) is 13.8. The highest BCUT2D eigenvalue weighted by molar-refractivity contribution is 8.01. The van der Waals surface area contributed by atoms with Gasteiger partial charge in [0.05, 0.1) is 0 Å². The largest absolute Gasteiger partial charge is 0.353 e. The van der Waals surface area contributed by atoms with Crippen LogP contribution in [0.2, 0.25) is 5.02 Å². The van der Waals surface area contributed by atoms with Crippen LogP contribution in [0.3, 0.4) is 0 Å². The maximum Gasteiger partial charge on any atom is 0.208 e. The first-order chi connectivity index (χ1) is 9.10. The zero-order valence-electron chi connectivity index (χ0n) is 11.0. The van der Waals surface area contributed by atoms with Crippen LogP contribution in [0.4, 0.5) is 5.13 Å². The van der Waals surface area contributed by atoms with Gasteiger partial charge in [-0.05, 0) is 24.7 Å². The minimum absolute atomic E-state index is 0.771. The molecule has 102 valence electrons. The highest BCUT2D eigenvalue weighted by Gasteiger charge is 2.08. The third-order valence-electron chi connectivity index (χ3n) is 2.38. The van der Waals surface area contributed by atoms with Crippen molar-refractivity contribution in [2.45, 2.75) is 15.8 Å². The van der Waals surface area contributed by atoms with Crippen LogP contribution in [0.25, 0.3) is 0 Å². The number of anilines is 1. The Morgan fingerprint density at radius 2 is 2.16 bits per heavy atom. The average Bonchev–Trinajstić information content (AvgIpc) is 2.81. The zero-order valence-corrected chi connectivity index (χ0v) is 13.4. The Morgan fingerprint density at radius 1 is 1.37 bits per heavy atom. The van der Waals surface area contributed by atoms with Crippen molar-refractivity contribution < 1.29 is 0 Å². The van der Waals surface area contributed by atoms with Crippen LogP contribution in [-0.4, -0.2) is 31.3 Å². The summed E-state index contributed by atoms with van der Waals surface area (Å²) in [7, 11) is 5.82. The summed E-state index contributed by atoms with van der Waals surface area (Å²) in [6, 6.07) is 6.06. The molecule has 0 bridgehead atoms. The van der Waals surface area contributed by atoms with Crippen LogP contribution < -0.4 is 10.2 Å². The van der Waals surface area contributed by atoms with E-state index in [1.54, 1.807) is 23.1 Å². The van der Waals surface area contributed by atoms with Crippen molar-refractivity contribution in [3.63, 3.8) is 0 Å². The van der Waals surface area contributed by atoms with Gasteiger partial charge in [0.1, 0.15) is 0 Å². The van der Waals surface area contributed by atoms with Crippen LogP contribution in [0.5, 0.6) is 0 Å². The van der Waals surface area contributed by atoms with Gasteiger partial charge >= 0.3 is 0 Å². The monoisotopic (exact) mass is 314 g/mol. The van der Waals surface area contributed by atoms with Crippen molar-refractivity contribution in [1.82, 2.24) is 15.5 Å². The Labute approximate surface area is 126 Å². The van der Waals surface area contributed by atoms with Gasteiger partial charge in [-0.1, -0.05) is 40.8 Å². The van der Waals surface area contributed by atoms with Crippen LogP contribution in [-0.2, 0) is 6.54 Å². The predicted molar refractivity (Wildman–Crippen MR) is 82.6 cm³/mol. The van der Waals surface area contributed by atoms with Gasteiger partial charge in [-0.15, -0.1) is 10.2 Å². The number of hydrogen-bond donors (Lipinski definition) is 1. The van der Waals surface area contributed by atoms with Gasteiger partial charge in [0.25, 0.3) is 0 Å². The van der Waals surface area contributed by atoms with E-state index in [1.807, 2.05) is 38.2 Å². The number of benzene rings is 1. The van der Waals surface area contributed by atoms with Gasteiger partial charge in [0.2, 0.25) is 5.13 Å². The molecule has 0 atom stereocenters. The first-order valence-electron chi connectivity index (χ1n) is 5.72. The number of rotatable bonds is 5. The summed E-state index contributed by atoms with van der Waals surface area (Å²) in [5.41, 5.74) is 1.10. The molecule has 1 aromatic carbocycles. The molecule has 2 aromatic rings. The predicted octanol–water partition coefficient (Wildman–Crippen LogP) is 3.13. The molecule has 0 fully saturated rings. The van der Waals surface area contributed by atoms with E-state index < -0.39 is 0 Å². The Kier molecular flexibility index (Phi) is 5.04. The van der Waals surface area contributed by atoms with Crippen molar-refractivity contribution in [2.24, 2.45) is 0 Å². The van der Waals surface area contributed by atoms with E-state index in [-0.39, 0.29) is 0 Å². The second-order valence-electron chi connectivity index (χ2n) is 4.13. The van der Waals surface area contributed by atoms with Crippen molar-refractivity contribution in [2.75, 3.05) is 26.0 Å². The summed E-state index contributed by atoms with van der Waals surface area (Å²) >= 11 is 9.38. The molecule has 0 saturated heterocycles. The summed E-state index contributed by atoms with van der Waals surface area (Å²) in [6.45, 7) is 0.771. The molecule has 0 unspecified atom stereocenters. The van der Waals surface area contributed by atoms with Crippen molar-refractivity contribution in [1.29, 1.82) is 0 Å². The Hall–Kier alpha value is -0.820. The molecular weight excluding hydrogens is 300 g/mol. The maximum absolute atomic E-state index is 6.24. The standard InChI is InChI=1S/C12H15ClN4S2/c1-14-7-8-4-5-9(6-10(8)13)18-12-16-15-11(19-12)17(2)3/h4-6,14H,7H2,1-3H3. The van der Waals surface area contributed by atoms with E-state index in [1.165, 1.54) is 0 Å². The molecule has 7 heteroatoms. The van der Waals surface area contributed by atoms with E-state index in [2.05, 4.69) is 21.6 Å². The second-order valence-corrected chi connectivity index (χ2v) is 6.81. The van der Waals surface area contributed by atoms with Crippen LogP contribution in [0.1, 0.15) is 5.56 Å². The van der Waals surface area contributed by atoms with Gasteiger partial charge in [-0.3, -0.25) is 0 Å². The molecule has 4 nitrogen and oxygen atoms in total. The summed E-state index contributed by atoms with van der Waals surface area (Å²) in [5, 5.41) is 13.0. The minimum Gasteiger partial charge on any atom is -0.353 e. The van der Waals surface area contributed by atoms with Crippen LogP contribution in [0.15, 0.2) is 27.4 Å². The lowest BCUT2D eigenvalue weighted by Gasteiger charge is -2.05. The number of hydrogen-bond acceptors (Lipinski definition) is 6. The van der Waals surface area contributed by atoms with E-state index in [0.717, 1.165) is 31.5 Å². The number of nitrogens with one attached hydrogen (secondary N) is 1. The Balaban J connectivity index is 2.12. The topological polar surface area (TPSA) is 41.1 Å². The van der Waals surface area contributed by atoms with Gasteiger partial charge in [0.15, 0.2) is 4.34 Å². The molecule has 0 radical (unpaired) electrons. The quantitative estimate of drug-likeness (QED) is 0.918. The Bertz CT molecular complexity index is 556. The summed E-state index contributed by atoms with van der Waals surface area (Å²) in [5.74, 6) is 0. The third kappa shape index (κ3) is 3.82. The molecule has 0 aliphatic carbocycles. The number of aromatic nitrogens is 2. The molecule has 0 spiro atoms. The van der Waals surface area contributed by atoms with Crippen molar-refractivity contribution in [3.8, 4) is 0 Å². The highest BCUT2D eigenvalue weighted by Crippen LogP contribution is 2.34. The molecule has 1 aromatic heterocycles. The molecule has 0 aliphatic rings. The molecule has 0 saturated carbocycles. The molecule has 1 N–H and O–H groups in total. The van der Waals surface area contributed by atoms with E-state index in [0.29, 0.717) is 0 Å². The smallest absolute Gasteiger partial charge is 0.208 e. The normalized spacial score (nSPS) is 10.7. The Morgan fingerprint density at radius 3 is 2.74 bits per heavy atom. The summed E-state index contributed by atoms with van der Waals surface area (Å²) in [6.07, 6.45) is 0. The molecule has 2 rings (SSSR count). The summed E-state index contributed by atoms with van der Waals surface area (Å²) in [4.78, 5) is 3.02. The van der Waals surface area contributed by atoms with E-state index >= 15 is 0 Å². The van der Waals surface area contributed by atoms with Crippen LogP contribution >= 0.6 is 34.7 Å². The first-order valence-corrected chi connectivity index (χ1v) is 7.73. The van der Waals surface area contributed by atoms with Gasteiger partial charge in [0, 0.05) is 30.6 Å². The van der Waals surface area contributed by atoms with Gasteiger partial charge in [-0.25, -0.2) is 0 Å². The van der Waals surface area contributed by atoms with Crippen molar-refractivity contribution in [3.05, 3.63) is 28.8 Å². The van der Waals surface area contributed by atoms with Crippen molar-refractivity contribution >= 4 is 39.8 Å². The molecule has 1 heterocycles. The second kappa shape index (κ2) is 6.56. The molecular formula is C12H15ClN4S2. The maximum atomic E-state index is 6.24. The summed E-state index contributed by atoms with van der Waals surface area (Å²) < 4.78 is 0.918. The fraction of sp³-hybridized carbons (Fsp3) is 0.333. The lowest BCUT2D eigenvalue weighted by Crippen LogP contribution is -2.07. The highest BCUT2D eigenvalue weighted by atomic mass is 35.5. The fourth-order valence-corrected chi connectivity index (χ4v) is 3.54. The molecule has 0 amide bonds. The van der Waals surface area contributed by atoms with E-state index in [4.69, 9.17) is 11.6 Å². The van der Waals surface area contributed by atoms with Gasteiger partial charge < -0.3 is 10.2 Å². The van der Waals surface area contributed by atoms with E-state index in [9.17, 15) is 0 Å². The molecule has 19 heavy (non-hydrogen) atoms. The van der Waals surface area contributed by atoms with Crippen LogP contribution in [0, 0.1) is 0 Å². The molecule has 0 aliphatic heterocycles. The number of halogens is 1. The average molecular weight is 315 g/mol. The third-order valence-corrected chi connectivity index (χ3v) is 4.86. The fourth-order valence-electron chi connectivity index (χ4n) is 1.45. The lowest BCUT2D eigenvalue weighted by atomic mass is 10.2. The number of nitrogens with zero attached hydrogens (tertiary/aromatic N) is 3. The van der Waals surface area contributed by atoms with Gasteiger partial charge in [-0.2, -0.15) is 0 Å². The lowest BCUT2D eigenvalue weighted by molar-refractivity contribution is 0.817.